The quantitative estimate of drug-likeness (QED) is 0.00758. The molecule has 6 aromatic rings. The van der Waals surface area contributed by atoms with Gasteiger partial charge in [0.25, 0.3) is 0 Å². The summed E-state index contributed by atoms with van der Waals surface area (Å²) in [4.78, 5) is 319. The number of guanidine groups is 1. The number of hydrogen-bond acceptors (Lipinski definition) is 27. The van der Waals surface area contributed by atoms with Crippen LogP contribution in [0.3, 0.4) is 0 Å². The number of nitrogens with one attached hydrogen (secondary N) is 20. The number of para-hydroxylation sites is 2. The summed E-state index contributed by atoms with van der Waals surface area (Å²) in [5, 5.41) is 112. The van der Waals surface area contributed by atoms with Crippen molar-refractivity contribution in [2.75, 3.05) is 44.3 Å². The van der Waals surface area contributed by atoms with Gasteiger partial charge in [-0.2, -0.15) is 0 Å². The van der Waals surface area contributed by atoms with E-state index in [0.29, 0.717) is 66.5 Å². The number of nitrogens with zero attached hydrogens (tertiary/aromatic N) is 1. The molecule has 4 heterocycles. The van der Waals surface area contributed by atoms with E-state index in [1.807, 2.05) is 0 Å². The van der Waals surface area contributed by atoms with Crippen molar-refractivity contribution in [2.24, 2.45) is 17.6 Å². The van der Waals surface area contributed by atoms with Crippen molar-refractivity contribution in [3.8, 4) is 5.75 Å². The van der Waals surface area contributed by atoms with Crippen molar-refractivity contribution in [1.82, 2.24) is 105 Å². The minimum atomic E-state index is -2.25. The summed E-state index contributed by atoms with van der Waals surface area (Å²) in [5.41, 5.74) is 7.97. The van der Waals surface area contributed by atoms with E-state index in [-0.39, 0.29) is 43.7 Å². The molecule has 15 atom stereocenters. The summed E-state index contributed by atoms with van der Waals surface area (Å²) in [6.07, 6.45) is -4.28. The van der Waals surface area contributed by atoms with E-state index in [1.54, 1.807) is 92.7 Å². The molecule has 0 bridgehead atoms. The molecule has 52 heteroatoms. The van der Waals surface area contributed by atoms with Gasteiger partial charge in [0.15, 0.2) is 11.7 Å². The zero-order chi connectivity index (χ0) is 108. The van der Waals surface area contributed by atoms with E-state index >= 15 is 28.8 Å². The zero-order valence-corrected chi connectivity index (χ0v) is 82.8. The molecule has 0 radical (unpaired) electrons. The normalized spacial score (nSPS) is 20.7. The number of likely N-dealkylation sites (tertiary alicyclic amines) is 1. The van der Waals surface area contributed by atoms with Crippen LogP contribution in [0.5, 0.6) is 5.75 Å². The van der Waals surface area contributed by atoms with Crippen LogP contribution in [0, 0.1) is 17.2 Å². The van der Waals surface area contributed by atoms with Gasteiger partial charge in [0.05, 0.1) is 38.6 Å². The SMILES string of the molecule is CC(=O)N[C@H](C(=O)N[C@H]1CSSC[C@@H](C(=O)N[C@@H](Cc2ccccc2)C(=O)N[C@@H](CCCNC(=N)N)C(=O)N[C@@H](Cc2ccc(O)cc2)C(=O)N[C@@H](CC(=O)O)C(=O)N2CCC[C@H]2C(C)=O)NC(=O)[C@H](C(C)C)NC(=O)[C@H](CCC(=O)O)NC(=O)CNC(=O)CNC(=O)[C@H](Cc2c[nH]c3ccccc23)NC(=O)[C@H](CO)NC(=O)[C@H](CC(=O)O)NC(=O)[C@H](CCC(=O)O)NC(=O)[C@H](Cc2c[nH]c3ccccc23)NC1=O)C(C)C. The summed E-state index contributed by atoms with van der Waals surface area (Å²) in [6, 6.07) is -0.647. The van der Waals surface area contributed by atoms with Gasteiger partial charge in [-0.1, -0.05) is 128 Å². The fourth-order valence-corrected chi connectivity index (χ4v) is 18.3. The number of Topliss-reactive ketones (excluding diaryl/α,β-unsaturated/α-hetero) is 1. The number of aliphatic carboxylic acids is 4. The largest absolute Gasteiger partial charge is 0.508 e. The van der Waals surface area contributed by atoms with Crippen molar-refractivity contribution in [3.63, 3.8) is 0 Å². The Balaban J connectivity index is 1.22. The minimum Gasteiger partial charge on any atom is -0.508 e. The van der Waals surface area contributed by atoms with E-state index in [9.17, 15) is 107 Å². The number of aromatic amines is 2. The number of fused-ring (bicyclic) bond motifs is 2. The van der Waals surface area contributed by atoms with E-state index in [0.717, 1.165) is 11.8 Å². The molecule has 2 aromatic heterocycles. The highest BCUT2D eigenvalue weighted by Crippen LogP contribution is 2.28. The lowest BCUT2D eigenvalue weighted by atomic mass is 10.0. The van der Waals surface area contributed by atoms with Gasteiger partial charge in [-0.3, -0.25) is 111 Å². The van der Waals surface area contributed by atoms with Crippen molar-refractivity contribution in [3.05, 3.63) is 138 Å². The van der Waals surface area contributed by atoms with E-state index in [2.05, 4.69) is 100 Å². The number of carboxylic acids is 4. The molecule has 2 fully saturated rings. The number of amides is 17. The highest BCUT2D eigenvalue weighted by Gasteiger charge is 2.43. The number of benzene rings is 4. The number of rotatable bonds is 38. The summed E-state index contributed by atoms with van der Waals surface area (Å²) < 4.78 is 0. The number of ketones is 1. The third-order valence-electron chi connectivity index (χ3n) is 23.7. The maximum absolute atomic E-state index is 15.8. The molecular formula is C95H124N22O28S2. The van der Waals surface area contributed by atoms with Crippen molar-refractivity contribution < 1.29 is 136 Å². The Kier molecular flexibility index (Phi) is 45.2. The van der Waals surface area contributed by atoms with Gasteiger partial charge in [-0.25, -0.2) is 0 Å². The number of carbonyl (C=O) groups is 22. The average molecular weight is 2090 g/mol. The molecule has 2 saturated heterocycles. The Morgan fingerprint density at radius 1 is 0.503 bits per heavy atom. The zero-order valence-electron chi connectivity index (χ0n) is 81.1. The Labute approximate surface area is 849 Å². The summed E-state index contributed by atoms with van der Waals surface area (Å²) in [6.45, 7) is 4.92. The lowest BCUT2D eigenvalue weighted by Crippen LogP contribution is -2.61. The maximum atomic E-state index is 15.8. The number of aliphatic hydroxyl groups is 1. The summed E-state index contributed by atoms with van der Waals surface area (Å²) >= 11 is 0. The molecule has 147 heavy (non-hydrogen) atoms. The lowest BCUT2D eigenvalue weighted by Gasteiger charge is -2.30. The van der Waals surface area contributed by atoms with Crippen LogP contribution >= 0.6 is 21.6 Å². The monoisotopic (exact) mass is 2080 g/mol. The Hall–Kier alpha value is -15.8. The lowest BCUT2D eigenvalue weighted by molar-refractivity contribution is -0.145. The van der Waals surface area contributed by atoms with Gasteiger partial charge in [-0.15, -0.1) is 0 Å². The molecule has 0 saturated carbocycles. The van der Waals surface area contributed by atoms with Crippen molar-refractivity contribution in [2.45, 2.75) is 222 Å². The molecule has 50 nitrogen and oxygen atoms in total. The summed E-state index contributed by atoms with van der Waals surface area (Å²) in [5.74, 6) is -30.3. The molecule has 28 N–H and O–H groups in total. The van der Waals surface area contributed by atoms with Gasteiger partial charge in [0.1, 0.15) is 90.3 Å². The first kappa shape index (κ1) is 116. The molecule has 8 rings (SSSR count). The van der Waals surface area contributed by atoms with Crippen LogP contribution in [0.1, 0.15) is 128 Å². The first-order valence-corrected chi connectivity index (χ1v) is 49.5. The van der Waals surface area contributed by atoms with E-state index in [4.69, 9.17) is 11.1 Å². The van der Waals surface area contributed by atoms with Crippen LogP contribution in [0.25, 0.3) is 21.8 Å². The summed E-state index contributed by atoms with van der Waals surface area (Å²) in [7, 11) is 1.39. The molecule has 0 spiro atoms. The molecule has 794 valence electrons. The molecule has 2 aliphatic heterocycles. The number of carbonyl (C=O) groups excluding carboxylic acids is 18. The second kappa shape index (κ2) is 57.1. The molecule has 17 amide bonds. The predicted molar refractivity (Wildman–Crippen MR) is 529 cm³/mol. The predicted octanol–water partition coefficient (Wildman–Crippen LogP) is -4.11. The third kappa shape index (κ3) is 37.1. The van der Waals surface area contributed by atoms with Gasteiger partial charge < -0.3 is 142 Å². The van der Waals surface area contributed by atoms with Crippen LogP contribution in [0.4, 0.5) is 0 Å². The second-order valence-electron chi connectivity index (χ2n) is 35.7. The highest BCUT2D eigenvalue weighted by molar-refractivity contribution is 8.76. The Morgan fingerprint density at radius 2 is 1.00 bits per heavy atom. The van der Waals surface area contributed by atoms with Crippen molar-refractivity contribution >= 4 is 179 Å². The number of aromatic nitrogens is 2. The first-order valence-electron chi connectivity index (χ1n) is 47.0. The molecule has 0 unspecified atom stereocenters. The number of H-pyrrole nitrogens is 2. The van der Waals surface area contributed by atoms with Gasteiger partial charge >= 0.3 is 23.9 Å². The average Bonchev–Trinajstić information content (AvgIpc) is 1.70. The number of aliphatic hydroxyl groups excluding tert-OH is 1. The smallest absolute Gasteiger partial charge is 0.305 e. The molecule has 4 aromatic carbocycles. The van der Waals surface area contributed by atoms with Crippen LogP contribution in [0.2, 0.25) is 0 Å². The number of phenolic OH excluding ortho intramolecular Hbond substituents is 1. The second-order valence-corrected chi connectivity index (χ2v) is 38.3. The Morgan fingerprint density at radius 3 is 1.56 bits per heavy atom. The van der Waals surface area contributed by atoms with Crippen LogP contribution in [-0.4, -0.2) is 316 Å². The highest BCUT2D eigenvalue weighted by atomic mass is 33.1. The number of phenols is 1. The van der Waals surface area contributed by atoms with Crippen LogP contribution in [-0.2, 0) is 131 Å². The molecule has 2 aliphatic rings. The number of aromatic hydroxyl groups is 1. The minimum absolute atomic E-state index is 0.0288. The van der Waals surface area contributed by atoms with E-state index < -0.39 is 334 Å². The molecule has 0 aliphatic carbocycles. The van der Waals surface area contributed by atoms with Gasteiger partial charge in [-0.05, 0) is 104 Å². The topological polar surface area (TPSA) is 786 Å². The van der Waals surface area contributed by atoms with Gasteiger partial charge in [0, 0.05) is 104 Å². The fraction of sp³-hybridized carbons (Fsp3) is 0.463. The first-order chi connectivity index (χ1) is 69.8. The van der Waals surface area contributed by atoms with Crippen LogP contribution in [0.15, 0.2) is 116 Å². The number of carboxylic acid groups (broad SMARTS) is 4. The maximum Gasteiger partial charge on any atom is 0.305 e. The Bertz CT molecular complexity index is 5790. The van der Waals surface area contributed by atoms with Crippen LogP contribution < -0.4 is 96.1 Å². The fourth-order valence-electron chi connectivity index (χ4n) is 16.0. The number of hydrogen-bond donors (Lipinski definition) is 27. The molecular weight excluding hydrogens is 1960 g/mol. The third-order valence-corrected chi connectivity index (χ3v) is 26.1. The van der Waals surface area contributed by atoms with Crippen molar-refractivity contribution in [1.29, 1.82) is 5.41 Å². The van der Waals surface area contributed by atoms with E-state index in [1.165, 1.54) is 57.4 Å². The standard InChI is InChI=1S/C95H124N22O28S2/c1-47(2)79(103-50(6)120)92(143)114-71-46-147-146-45-70(90(141)108-63(34-51-16-8-7-9-17-51)85(136)105-60(22-14-32-98-95(96)97)82(133)107-64(35-52-24-26-55(121)27-25-52)86(137)112-68(39-78(130)131)94(145)117-33-15-23-72(117)49(5)119)115-93(144)80(48(3)4)116-84(135)61(28-30-75(124)125)104-74(123)43-101-73(122)42-102-81(132)65(36-53-40-99-58-20-12-10-18-56(53)58)109-89(140)69(44-118)113-88(139)67(38-77(128)129)111-83(134)62(29-31-76(126)127)106-87(138)66(110-91(71)142)37-54-41-100-59-21-13-11-19-57(54)59/h7-13,16-21,24-27,40-41,47-48,60-72,79-80,99-100,118,121H,14-15,22-23,28-39,42-46H2,1-6H3,(H,101,122)(H,102,132)(H,103,120)(H,104,123)(H,105,136)(H,106,138)(H,107,133)(H,108,141)(H,109,140)(H,110,142)(H,111,134)(H,112,137)(H,113,139)(H,114,143)(H,115,144)(H,116,135)(H,124,125)(H,126,127)(H,128,129)(H,130,131)(H4,96,97,98)/t60-,61-,62-,63-,64-,65-,66-,67-,68-,69-,70-,71-,72-,79-,80-/m0/s1. The number of nitrogens with two attached hydrogens (primary N) is 1. The van der Waals surface area contributed by atoms with Gasteiger partial charge in [0.2, 0.25) is 100 Å².